The molecule has 1 unspecified atom stereocenters. The number of nitrogens with two attached hydrogens (primary N) is 1. The molecule has 1 atom stereocenters. The maximum absolute atomic E-state index is 12.1. The highest BCUT2D eigenvalue weighted by Gasteiger charge is 2.23. The maximum atomic E-state index is 12.1. The summed E-state index contributed by atoms with van der Waals surface area (Å²) in [6.07, 6.45) is 1.71. The van der Waals surface area contributed by atoms with Gasteiger partial charge in [-0.05, 0) is 56.3 Å². The van der Waals surface area contributed by atoms with Crippen molar-refractivity contribution in [2.75, 3.05) is 48.3 Å². The summed E-state index contributed by atoms with van der Waals surface area (Å²) in [5, 5.41) is 8.74. The molecule has 1 saturated heterocycles. The van der Waals surface area contributed by atoms with Crippen molar-refractivity contribution >= 4 is 34.9 Å². The van der Waals surface area contributed by atoms with Crippen LogP contribution in [0.4, 0.5) is 27.8 Å². The molecule has 188 valence electrons. The zero-order valence-corrected chi connectivity index (χ0v) is 20.6. The topological polar surface area (TPSA) is 129 Å². The molecule has 1 aliphatic heterocycles. The van der Waals surface area contributed by atoms with E-state index < -0.39 is 6.04 Å². The predicted molar refractivity (Wildman–Crippen MR) is 142 cm³/mol. The fourth-order valence-electron chi connectivity index (χ4n) is 4.00. The molecule has 1 aromatic heterocycles. The van der Waals surface area contributed by atoms with E-state index in [9.17, 15) is 9.59 Å². The van der Waals surface area contributed by atoms with Crippen LogP contribution in [-0.2, 0) is 4.79 Å². The first-order valence-corrected chi connectivity index (χ1v) is 12.1. The number of carbonyl (C=O) groups is 2. The molecule has 36 heavy (non-hydrogen) atoms. The summed E-state index contributed by atoms with van der Waals surface area (Å²) < 4.78 is 0. The van der Waals surface area contributed by atoms with Crippen molar-refractivity contribution in [3.63, 3.8) is 0 Å². The van der Waals surface area contributed by atoms with E-state index in [1.807, 2.05) is 54.3 Å². The molecule has 10 heteroatoms. The summed E-state index contributed by atoms with van der Waals surface area (Å²) in [6, 6.07) is 16.7. The number of anilines is 4. The number of benzene rings is 2. The maximum Gasteiger partial charge on any atom is 0.319 e. The third kappa shape index (κ3) is 6.28. The minimum absolute atomic E-state index is 0.00316. The van der Waals surface area contributed by atoms with Gasteiger partial charge in [-0.1, -0.05) is 12.1 Å². The minimum atomic E-state index is -0.460. The van der Waals surface area contributed by atoms with E-state index in [-0.39, 0.29) is 11.9 Å². The summed E-state index contributed by atoms with van der Waals surface area (Å²) in [7, 11) is 0. The largest absolute Gasteiger partial charge is 0.368 e. The lowest BCUT2D eigenvalue weighted by Crippen LogP contribution is -2.52. The van der Waals surface area contributed by atoms with E-state index in [1.165, 1.54) is 0 Å². The van der Waals surface area contributed by atoms with E-state index in [4.69, 9.17) is 5.73 Å². The van der Waals surface area contributed by atoms with Gasteiger partial charge in [0.1, 0.15) is 0 Å². The highest BCUT2D eigenvalue weighted by molar-refractivity contribution is 5.89. The molecule has 2 heterocycles. The van der Waals surface area contributed by atoms with Crippen LogP contribution in [0.2, 0.25) is 0 Å². The fraction of sp³-hybridized carbons (Fsp3) is 0.308. The lowest BCUT2D eigenvalue weighted by molar-refractivity contribution is -0.132. The van der Waals surface area contributed by atoms with Crippen LogP contribution >= 0.6 is 0 Å². The number of amides is 3. The number of hydrogen-bond donors (Lipinski definition) is 4. The molecule has 5 N–H and O–H groups in total. The van der Waals surface area contributed by atoms with Crippen LogP contribution in [0.3, 0.4) is 0 Å². The first kappa shape index (κ1) is 24.9. The lowest BCUT2D eigenvalue weighted by Gasteiger charge is -2.36. The van der Waals surface area contributed by atoms with Gasteiger partial charge >= 0.3 is 6.03 Å². The van der Waals surface area contributed by atoms with Crippen molar-refractivity contribution in [1.82, 2.24) is 20.2 Å². The Hall–Kier alpha value is -4.18. The molecule has 2 aromatic carbocycles. The average molecular weight is 489 g/mol. The van der Waals surface area contributed by atoms with Gasteiger partial charge in [0.15, 0.2) is 0 Å². The average Bonchev–Trinajstić information content (AvgIpc) is 2.89. The Morgan fingerprint density at radius 3 is 2.28 bits per heavy atom. The van der Waals surface area contributed by atoms with Crippen LogP contribution in [0.1, 0.15) is 13.8 Å². The van der Waals surface area contributed by atoms with Crippen molar-refractivity contribution in [3.8, 4) is 11.3 Å². The van der Waals surface area contributed by atoms with Gasteiger partial charge < -0.3 is 31.5 Å². The molecular weight excluding hydrogens is 456 g/mol. The van der Waals surface area contributed by atoms with Gasteiger partial charge in [-0.25, -0.2) is 14.8 Å². The first-order valence-electron chi connectivity index (χ1n) is 12.1. The van der Waals surface area contributed by atoms with Gasteiger partial charge in [0.2, 0.25) is 11.9 Å². The summed E-state index contributed by atoms with van der Waals surface area (Å²) in [5.74, 6) is 0.496. The van der Waals surface area contributed by atoms with Gasteiger partial charge in [0, 0.05) is 61.5 Å². The number of aromatic nitrogens is 2. The summed E-state index contributed by atoms with van der Waals surface area (Å²) in [4.78, 5) is 36.8. The van der Waals surface area contributed by atoms with Crippen LogP contribution in [-0.4, -0.2) is 65.6 Å². The van der Waals surface area contributed by atoms with Crippen LogP contribution in [0.15, 0.2) is 60.8 Å². The molecule has 0 spiro atoms. The monoisotopic (exact) mass is 488 g/mol. The van der Waals surface area contributed by atoms with Gasteiger partial charge in [-0.2, -0.15) is 0 Å². The number of hydrogen-bond acceptors (Lipinski definition) is 7. The second kappa shape index (κ2) is 11.5. The highest BCUT2D eigenvalue weighted by atomic mass is 16.2. The Morgan fingerprint density at radius 1 is 0.972 bits per heavy atom. The normalized spacial score (nSPS) is 14.2. The quantitative estimate of drug-likeness (QED) is 0.402. The number of carbonyl (C=O) groups excluding carboxylic acids is 2. The standard InChI is InChI=1S/C26H32N8O2/c1-3-28-26(36)31-21-6-4-19(5-7-21)23-12-13-29-25(32-23)30-20-8-10-22(11-9-20)33-14-16-34(17-15-33)24(35)18(2)27/h4-13,18H,3,14-17,27H2,1-2H3,(H2,28,31,36)(H,29,30,32). The molecule has 4 rings (SSSR count). The van der Waals surface area contributed by atoms with Crippen molar-refractivity contribution < 1.29 is 9.59 Å². The van der Waals surface area contributed by atoms with Crippen molar-refractivity contribution in [2.24, 2.45) is 5.73 Å². The molecule has 10 nitrogen and oxygen atoms in total. The molecule has 0 saturated carbocycles. The smallest absolute Gasteiger partial charge is 0.319 e. The summed E-state index contributed by atoms with van der Waals surface area (Å²) in [6.45, 7) is 7.05. The fourth-order valence-corrected chi connectivity index (χ4v) is 4.00. The number of nitrogens with zero attached hydrogens (tertiary/aromatic N) is 4. The third-order valence-corrected chi connectivity index (χ3v) is 5.90. The number of urea groups is 1. The summed E-state index contributed by atoms with van der Waals surface area (Å²) >= 11 is 0. The summed E-state index contributed by atoms with van der Waals surface area (Å²) in [5.41, 5.74) is 10.1. The molecule has 0 bridgehead atoms. The Kier molecular flexibility index (Phi) is 7.96. The van der Waals surface area contributed by atoms with Gasteiger partial charge in [-0.3, -0.25) is 4.79 Å². The van der Waals surface area contributed by atoms with Crippen molar-refractivity contribution in [2.45, 2.75) is 19.9 Å². The molecule has 3 amide bonds. The molecule has 0 aliphatic carbocycles. The number of piperazine rings is 1. The molecule has 1 aliphatic rings. The SMILES string of the molecule is CCNC(=O)Nc1ccc(-c2ccnc(Nc3ccc(N4CCN(C(=O)C(C)N)CC4)cc3)n2)cc1. The zero-order valence-electron chi connectivity index (χ0n) is 20.6. The van der Waals surface area contributed by atoms with Gasteiger partial charge in [-0.15, -0.1) is 0 Å². The first-order chi connectivity index (χ1) is 17.4. The van der Waals surface area contributed by atoms with Gasteiger partial charge in [0.05, 0.1) is 11.7 Å². The van der Waals surface area contributed by atoms with E-state index in [2.05, 4.69) is 43.0 Å². The number of rotatable bonds is 7. The predicted octanol–water partition coefficient (Wildman–Crippen LogP) is 3.02. The van der Waals surface area contributed by atoms with Crippen LogP contribution in [0, 0.1) is 0 Å². The van der Waals surface area contributed by atoms with Crippen molar-refractivity contribution in [3.05, 3.63) is 60.8 Å². The van der Waals surface area contributed by atoms with E-state index in [1.54, 1.807) is 13.1 Å². The van der Waals surface area contributed by atoms with Crippen LogP contribution in [0.25, 0.3) is 11.3 Å². The zero-order chi connectivity index (χ0) is 25.5. The highest BCUT2D eigenvalue weighted by Crippen LogP contribution is 2.24. The molecule has 0 radical (unpaired) electrons. The Balaban J connectivity index is 1.36. The minimum Gasteiger partial charge on any atom is -0.368 e. The van der Waals surface area contributed by atoms with E-state index in [0.29, 0.717) is 31.3 Å². The molecule has 1 fully saturated rings. The van der Waals surface area contributed by atoms with Crippen LogP contribution in [0.5, 0.6) is 0 Å². The second-order valence-corrected chi connectivity index (χ2v) is 8.60. The Morgan fingerprint density at radius 2 is 1.64 bits per heavy atom. The van der Waals surface area contributed by atoms with Crippen molar-refractivity contribution in [1.29, 1.82) is 0 Å². The Bertz CT molecular complexity index is 1170. The van der Waals surface area contributed by atoms with Gasteiger partial charge in [0.25, 0.3) is 0 Å². The Labute approximate surface area is 210 Å². The van der Waals surface area contributed by atoms with E-state index >= 15 is 0 Å². The van der Waals surface area contributed by atoms with Crippen LogP contribution < -0.4 is 26.6 Å². The third-order valence-electron chi connectivity index (χ3n) is 5.90. The molecule has 3 aromatic rings. The number of nitrogens with one attached hydrogen (secondary N) is 3. The molecular formula is C26H32N8O2. The lowest BCUT2D eigenvalue weighted by atomic mass is 10.1. The van der Waals surface area contributed by atoms with E-state index in [0.717, 1.165) is 35.7 Å². The second-order valence-electron chi connectivity index (χ2n) is 8.60.